The molecule has 0 aliphatic carbocycles. The molecule has 0 fully saturated rings. The van der Waals surface area contributed by atoms with Gasteiger partial charge in [-0.3, -0.25) is 0 Å². The predicted molar refractivity (Wildman–Crippen MR) is 80.5 cm³/mol. The van der Waals surface area contributed by atoms with E-state index in [4.69, 9.17) is 0 Å². The van der Waals surface area contributed by atoms with Gasteiger partial charge in [-0.25, -0.2) is 19.9 Å². The third kappa shape index (κ3) is 3.73. The van der Waals surface area contributed by atoms with Crippen molar-refractivity contribution in [3.05, 3.63) is 30.6 Å². The molecule has 0 aromatic carbocycles. The second-order valence-corrected chi connectivity index (χ2v) is 5.55. The molecule has 20 heavy (non-hydrogen) atoms. The summed E-state index contributed by atoms with van der Waals surface area (Å²) >= 11 is 0. The van der Waals surface area contributed by atoms with E-state index >= 15 is 0 Å². The number of nitrogens with one attached hydrogen (secondary N) is 1. The Labute approximate surface area is 119 Å². The van der Waals surface area contributed by atoms with Gasteiger partial charge in [-0.1, -0.05) is 27.7 Å². The van der Waals surface area contributed by atoms with Crippen molar-refractivity contribution in [3.63, 3.8) is 0 Å². The largest absolute Gasteiger partial charge is 0.370 e. The molecule has 106 valence electrons. The molecule has 2 rings (SSSR count). The number of hydrogen-bond acceptors (Lipinski definition) is 5. The lowest BCUT2D eigenvalue weighted by Crippen LogP contribution is -2.09. The second kappa shape index (κ2) is 6.41. The second-order valence-electron chi connectivity index (χ2n) is 5.55. The SMILES string of the molecule is CC(C)CNc1cc(-c2cnc(C(C)C)nc2)ncn1. The van der Waals surface area contributed by atoms with Crippen LogP contribution in [0.1, 0.15) is 39.4 Å². The standard InChI is InChI=1S/C15H21N5/c1-10(2)6-16-14-5-13(19-9-20-14)12-7-17-15(11(3)4)18-8-12/h5,7-11H,6H2,1-4H3,(H,16,19,20). The Morgan fingerprint density at radius 3 is 2.30 bits per heavy atom. The molecule has 0 bridgehead atoms. The van der Waals surface area contributed by atoms with Crippen molar-refractivity contribution < 1.29 is 0 Å². The number of anilines is 1. The van der Waals surface area contributed by atoms with Crippen molar-refractivity contribution in [3.8, 4) is 11.3 Å². The van der Waals surface area contributed by atoms with Crippen LogP contribution in [0.2, 0.25) is 0 Å². The molecule has 0 aliphatic heterocycles. The summed E-state index contributed by atoms with van der Waals surface area (Å²) < 4.78 is 0. The molecule has 2 aromatic heterocycles. The molecule has 0 saturated carbocycles. The highest BCUT2D eigenvalue weighted by atomic mass is 15.0. The Balaban J connectivity index is 2.17. The zero-order chi connectivity index (χ0) is 14.5. The normalized spacial score (nSPS) is 11.1. The number of aromatic nitrogens is 4. The molecular weight excluding hydrogens is 250 g/mol. The van der Waals surface area contributed by atoms with Gasteiger partial charge in [0.25, 0.3) is 0 Å². The van der Waals surface area contributed by atoms with Crippen molar-refractivity contribution in [1.82, 2.24) is 19.9 Å². The average molecular weight is 271 g/mol. The Hall–Kier alpha value is -2.04. The summed E-state index contributed by atoms with van der Waals surface area (Å²) in [5.74, 6) is 2.58. The van der Waals surface area contributed by atoms with E-state index in [0.29, 0.717) is 11.8 Å². The lowest BCUT2D eigenvalue weighted by Gasteiger charge is -2.09. The van der Waals surface area contributed by atoms with Crippen molar-refractivity contribution in [2.45, 2.75) is 33.6 Å². The van der Waals surface area contributed by atoms with E-state index in [-0.39, 0.29) is 0 Å². The van der Waals surface area contributed by atoms with Gasteiger partial charge in [0.1, 0.15) is 18.0 Å². The van der Waals surface area contributed by atoms with Gasteiger partial charge in [0.2, 0.25) is 0 Å². The van der Waals surface area contributed by atoms with Gasteiger partial charge in [-0.2, -0.15) is 0 Å². The highest BCUT2D eigenvalue weighted by molar-refractivity contribution is 5.60. The predicted octanol–water partition coefficient (Wildman–Crippen LogP) is 3.12. The molecule has 0 atom stereocenters. The van der Waals surface area contributed by atoms with Crippen LogP contribution < -0.4 is 5.32 Å². The van der Waals surface area contributed by atoms with Gasteiger partial charge in [0.15, 0.2) is 0 Å². The third-order valence-electron chi connectivity index (χ3n) is 2.84. The third-order valence-corrected chi connectivity index (χ3v) is 2.84. The summed E-state index contributed by atoms with van der Waals surface area (Å²) in [7, 11) is 0. The smallest absolute Gasteiger partial charge is 0.130 e. The summed E-state index contributed by atoms with van der Waals surface area (Å²) in [5.41, 5.74) is 1.74. The van der Waals surface area contributed by atoms with Crippen LogP contribution in [0.4, 0.5) is 5.82 Å². The quantitative estimate of drug-likeness (QED) is 0.905. The fraction of sp³-hybridized carbons (Fsp3) is 0.467. The highest BCUT2D eigenvalue weighted by Crippen LogP contribution is 2.18. The number of hydrogen-bond donors (Lipinski definition) is 1. The Kier molecular flexibility index (Phi) is 4.61. The lowest BCUT2D eigenvalue weighted by molar-refractivity contribution is 0.687. The van der Waals surface area contributed by atoms with Crippen LogP contribution in [0.3, 0.4) is 0 Å². The summed E-state index contributed by atoms with van der Waals surface area (Å²) in [6.45, 7) is 9.36. The van der Waals surface area contributed by atoms with Gasteiger partial charge < -0.3 is 5.32 Å². The van der Waals surface area contributed by atoms with E-state index in [2.05, 4.69) is 52.9 Å². The summed E-state index contributed by atoms with van der Waals surface area (Å²) in [6, 6.07) is 1.93. The summed E-state index contributed by atoms with van der Waals surface area (Å²) in [6.07, 6.45) is 5.20. The first-order valence-electron chi connectivity index (χ1n) is 6.94. The Morgan fingerprint density at radius 1 is 1.00 bits per heavy atom. The zero-order valence-corrected chi connectivity index (χ0v) is 12.5. The summed E-state index contributed by atoms with van der Waals surface area (Å²) in [4.78, 5) is 17.2. The van der Waals surface area contributed by atoms with Gasteiger partial charge in [-0.05, 0) is 5.92 Å². The van der Waals surface area contributed by atoms with Crippen LogP contribution in [0.25, 0.3) is 11.3 Å². The maximum atomic E-state index is 4.37. The molecule has 2 heterocycles. The van der Waals surface area contributed by atoms with Crippen LogP contribution in [0.5, 0.6) is 0 Å². The van der Waals surface area contributed by atoms with E-state index in [1.165, 1.54) is 0 Å². The first-order chi connectivity index (χ1) is 9.56. The van der Waals surface area contributed by atoms with Crippen LogP contribution >= 0.6 is 0 Å². The van der Waals surface area contributed by atoms with Crippen LogP contribution in [-0.2, 0) is 0 Å². The monoisotopic (exact) mass is 271 g/mol. The van der Waals surface area contributed by atoms with Gasteiger partial charge in [0.05, 0.1) is 5.69 Å². The minimum Gasteiger partial charge on any atom is -0.370 e. The number of rotatable bonds is 5. The summed E-state index contributed by atoms with van der Waals surface area (Å²) in [5, 5.41) is 3.29. The van der Waals surface area contributed by atoms with Gasteiger partial charge in [0, 0.05) is 36.5 Å². The maximum absolute atomic E-state index is 4.37. The van der Waals surface area contributed by atoms with E-state index in [1.807, 2.05) is 18.5 Å². The Morgan fingerprint density at radius 2 is 1.70 bits per heavy atom. The molecule has 2 aromatic rings. The number of nitrogens with zero attached hydrogens (tertiary/aromatic N) is 4. The Bertz CT molecular complexity index is 548. The van der Waals surface area contributed by atoms with Crippen molar-refractivity contribution >= 4 is 5.82 Å². The fourth-order valence-electron chi connectivity index (χ4n) is 1.69. The van der Waals surface area contributed by atoms with Crippen molar-refractivity contribution in [2.24, 2.45) is 5.92 Å². The van der Waals surface area contributed by atoms with Gasteiger partial charge in [-0.15, -0.1) is 0 Å². The van der Waals surface area contributed by atoms with Crippen LogP contribution in [0, 0.1) is 5.92 Å². The van der Waals surface area contributed by atoms with Gasteiger partial charge >= 0.3 is 0 Å². The molecule has 0 aliphatic rings. The highest BCUT2D eigenvalue weighted by Gasteiger charge is 2.06. The van der Waals surface area contributed by atoms with Crippen LogP contribution in [0.15, 0.2) is 24.8 Å². The molecule has 0 spiro atoms. The minimum atomic E-state index is 0.331. The van der Waals surface area contributed by atoms with Crippen molar-refractivity contribution in [1.29, 1.82) is 0 Å². The molecule has 0 saturated heterocycles. The molecule has 0 amide bonds. The first-order valence-corrected chi connectivity index (χ1v) is 6.94. The molecule has 5 heteroatoms. The molecule has 0 unspecified atom stereocenters. The average Bonchev–Trinajstić information content (AvgIpc) is 2.45. The molecular formula is C15H21N5. The first kappa shape index (κ1) is 14.4. The van der Waals surface area contributed by atoms with E-state index < -0.39 is 0 Å². The van der Waals surface area contributed by atoms with Crippen molar-refractivity contribution in [2.75, 3.05) is 11.9 Å². The zero-order valence-electron chi connectivity index (χ0n) is 12.5. The maximum Gasteiger partial charge on any atom is 0.130 e. The fourth-order valence-corrected chi connectivity index (χ4v) is 1.69. The minimum absolute atomic E-state index is 0.331. The van der Waals surface area contributed by atoms with E-state index in [9.17, 15) is 0 Å². The van der Waals surface area contributed by atoms with E-state index in [1.54, 1.807) is 6.33 Å². The topological polar surface area (TPSA) is 63.6 Å². The van der Waals surface area contributed by atoms with Crippen LogP contribution in [-0.4, -0.2) is 26.5 Å². The molecule has 1 N–H and O–H groups in total. The molecule has 0 radical (unpaired) electrons. The lowest BCUT2D eigenvalue weighted by atomic mass is 10.2. The van der Waals surface area contributed by atoms with E-state index in [0.717, 1.165) is 29.4 Å². The molecule has 5 nitrogen and oxygen atoms in total.